The van der Waals surface area contributed by atoms with Crippen LogP contribution in [0.2, 0.25) is 0 Å². The Labute approximate surface area is 122 Å². The van der Waals surface area contributed by atoms with Gasteiger partial charge in [-0.05, 0) is 42.5 Å². The number of likely N-dealkylation sites (tertiary alicyclic amines) is 1. The molecule has 1 N–H and O–H groups in total. The molecule has 20 heavy (non-hydrogen) atoms. The molecular weight excluding hydrogens is 251 g/mol. The number of benzene rings is 1. The van der Waals surface area contributed by atoms with E-state index in [4.69, 9.17) is 0 Å². The van der Waals surface area contributed by atoms with Gasteiger partial charge in [0.1, 0.15) is 5.82 Å². The van der Waals surface area contributed by atoms with E-state index in [1.807, 2.05) is 12.1 Å². The van der Waals surface area contributed by atoms with Gasteiger partial charge in [-0.25, -0.2) is 4.39 Å². The molecular formula is C17H27FN2. The third-order valence-electron chi connectivity index (χ3n) is 3.90. The summed E-state index contributed by atoms with van der Waals surface area (Å²) >= 11 is 0. The summed E-state index contributed by atoms with van der Waals surface area (Å²) in [6.07, 6.45) is 1.13. The highest BCUT2D eigenvalue weighted by Crippen LogP contribution is 2.27. The van der Waals surface area contributed by atoms with Crippen LogP contribution in [0.4, 0.5) is 4.39 Å². The van der Waals surface area contributed by atoms with Gasteiger partial charge in [-0.1, -0.05) is 32.9 Å². The smallest absolute Gasteiger partial charge is 0.123 e. The molecule has 1 fully saturated rings. The number of nitrogens with one attached hydrogen (secondary N) is 1. The topological polar surface area (TPSA) is 15.3 Å². The molecule has 1 aliphatic rings. The van der Waals surface area contributed by atoms with Gasteiger partial charge in [-0.3, -0.25) is 0 Å². The van der Waals surface area contributed by atoms with Gasteiger partial charge in [0.15, 0.2) is 0 Å². The van der Waals surface area contributed by atoms with Gasteiger partial charge in [0.05, 0.1) is 0 Å². The van der Waals surface area contributed by atoms with E-state index >= 15 is 0 Å². The van der Waals surface area contributed by atoms with Crippen molar-refractivity contribution in [1.29, 1.82) is 0 Å². The van der Waals surface area contributed by atoms with Gasteiger partial charge >= 0.3 is 0 Å². The van der Waals surface area contributed by atoms with Crippen molar-refractivity contribution in [3.05, 3.63) is 35.6 Å². The molecule has 0 aliphatic carbocycles. The highest BCUT2D eigenvalue weighted by Gasteiger charge is 2.27. The van der Waals surface area contributed by atoms with Crippen molar-refractivity contribution >= 4 is 0 Å². The Morgan fingerprint density at radius 3 is 2.45 bits per heavy atom. The highest BCUT2D eigenvalue weighted by atomic mass is 19.1. The number of piperidine rings is 1. The summed E-state index contributed by atoms with van der Waals surface area (Å²) < 4.78 is 13.0. The Hall–Kier alpha value is -0.930. The first kappa shape index (κ1) is 15.5. The predicted octanol–water partition coefficient (Wildman–Crippen LogP) is 3.25. The molecule has 2 rings (SSSR count). The van der Waals surface area contributed by atoms with E-state index < -0.39 is 0 Å². The molecule has 2 nitrogen and oxygen atoms in total. The van der Waals surface area contributed by atoms with Crippen molar-refractivity contribution in [1.82, 2.24) is 10.2 Å². The predicted molar refractivity (Wildman–Crippen MR) is 82.5 cm³/mol. The van der Waals surface area contributed by atoms with Gasteiger partial charge < -0.3 is 10.2 Å². The van der Waals surface area contributed by atoms with Crippen LogP contribution < -0.4 is 5.32 Å². The van der Waals surface area contributed by atoms with Crippen LogP contribution in [-0.2, 0) is 0 Å². The van der Waals surface area contributed by atoms with Crippen molar-refractivity contribution in [3.8, 4) is 0 Å². The van der Waals surface area contributed by atoms with Crippen LogP contribution in [-0.4, -0.2) is 37.6 Å². The monoisotopic (exact) mass is 278 g/mol. The number of rotatable bonds is 3. The van der Waals surface area contributed by atoms with E-state index in [1.165, 1.54) is 5.56 Å². The molecule has 1 aliphatic heterocycles. The zero-order valence-corrected chi connectivity index (χ0v) is 13.1. The first-order valence-corrected chi connectivity index (χ1v) is 7.51. The third-order valence-corrected chi connectivity index (χ3v) is 3.90. The lowest BCUT2D eigenvalue weighted by Gasteiger charge is -2.37. The lowest BCUT2D eigenvalue weighted by Crippen LogP contribution is -2.48. The third kappa shape index (κ3) is 4.57. The second kappa shape index (κ2) is 6.23. The Balaban J connectivity index is 1.99. The van der Waals surface area contributed by atoms with Crippen LogP contribution in [0, 0.1) is 11.2 Å². The Morgan fingerprint density at radius 1 is 1.20 bits per heavy atom. The van der Waals surface area contributed by atoms with Crippen molar-refractivity contribution in [2.45, 2.75) is 39.2 Å². The molecule has 0 amide bonds. The fourth-order valence-corrected chi connectivity index (χ4v) is 2.89. The van der Waals surface area contributed by atoms with Crippen LogP contribution >= 0.6 is 0 Å². The van der Waals surface area contributed by atoms with Crippen molar-refractivity contribution in [2.75, 3.05) is 26.7 Å². The van der Waals surface area contributed by atoms with E-state index in [1.54, 1.807) is 12.1 Å². The summed E-state index contributed by atoms with van der Waals surface area (Å²) in [6.45, 7) is 9.94. The molecule has 2 unspecified atom stereocenters. The highest BCUT2D eigenvalue weighted by molar-refractivity contribution is 5.22. The van der Waals surface area contributed by atoms with Crippen molar-refractivity contribution in [2.24, 2.45) is 5.41 Å². The second-order valence-electron chi connectivity index (χ2n) is 7.34. The van der Waals surface area contributed by atoms with E-state index in [0.717, 1.165) is 26.1 Å². The van der Waals surface area contributed by atoms with Gasteiger partial charge in [0.2, 0.25) is 0 Å². The van der Waals surface area contributed by atoms with Crippen LogP contribution in [0.5, 0.6) is 0 Å². The molecule has 1 heterocycles. The maximum absolute atomic E-state index is 13.0. The van der Waals surface area contributed by atoms with Gasteiger partial charge in [-0.2, -0.15) is 0 Å². The zero-order chi connectivity index (χ0) is 14.8. The normalized spacial score (nSPS) is 24.9. The average molecular weight is 278 g/mol. The van der Waals surface area contributed by atoms with Crippen LogP contribution in [0.3, 0.4) is 0 Å². The van der Waals surface area contributed by atoms with Gasteiger partial charge in [0, 0.05) is 25.7 Å². The largest absolute Gasteiger partial charge is 0.312 e. The van der Waals surface area contributed by atoms with Gasteiger partial charge in [0.25, 0.3) is 0 Å². The van der Waals surface area contributed by atoms with Crippen LogP contribution in [0.15, 0.2) is 24.3 Å². The van der Waals surface area contributed by atoms with Gasteiger partial charge in [-0.15, -0.1) is 0 Å². The summed E-state index contributed by atoms with van der Waals surface area (Å²) in [4.78, 5) is 2.37. The summed E-state index contributed by atoms with van der Waals surface area (Å²) in [5, 5.41) is 3.69. The standard InChI is InChI=1S/C17H27FN2/c1-17(2,3)12-19-16-9-14(10-20(4)11-16)13-5-7-15(18)8-6-13/h5-8,14,16,19H,9-12H2,1-4H3. The Morgan fingerprint density at radius 2 is 1.85 bits per heavy atom. The zero-order valence-electron chi connectivity index (χ0n) is 13.1. The molecule has 112 valence electrons. The minimum absolute atomic E-state index is 0.152. The summed E-state index contributed by atoms with van der Waals surface area (Å²) in [7, 11) is 2.17. The number of likely N-dealkylation sites (N-methyl/N-ethyl adjacent to an activating group) is 1. The van der Waals surface area contributed by atoms with E-state index in [2.05, 4.69) is 38.0 Å². The number of hydrogen-bond acceptors (Lipinski definition) is 2. The van der Waals surface area contributed by atoms with E-state index in [0.29, 0.717) is 17.4 Å². The Bertz CT molecular complexity index is 422. The fourth-order valence-electron chi connectivity index (χ4n) is 2.89. The minimum Gasteiger partial charge on any atom is -0.312 e. The molecule has 1 saturated heterocycles. The lowest BCUT2D eigenvalue weighted by molar-refractivity contribution is 0.193. The molecule has 2 atom stereocenters. The number of halogens is 1. The molecule has 0 saturated carbocycles. The summed E-state index contributed by atoms with van der Waals surface area (Å²) in [6, 6.07) is 7.52. The molecule has 3 heteroatoms. The van der Waals surface area contributed by atoms with Crippen LogP contribution in [0.1, 0.15) is 38.7 Å². The quantitative estimate of drug-likeness (QED) is 0.913. The lowest BCUT2D eigenvalue weighted by atomic mass is 9.87. The SMILES string of the molecule is CN1CC(NCC(C)(C)C)CC(c2ccc(F)cc2)C1. The molecule has 0 bridgehead atoms. The molecule has 1 aromatic carbocycles. The minimum atomic E-state index is -0.152. The van der Waals surface area contributed by atoms with E-state index in [9.17, 15) is 4.39 Å². The van der Waals surface area contributed by atoms with Crippen molar-refractivity contribution < 1.29 is 4.39 Å². The molecule has 1 aromatic rings. The van der Waals surface area contributed by atoms with Crippen molar-refractivity contribution in [3.63, 3.8) is 0 Å². The molecule has 0 radical (unpaired) electrons. The summed E-state index contributed by atoms with van der Waals surface area (Å²) in [5.74, 6) is 0.340. The second-order valence-corrected chi connectivity index (χ2v) is 7.34. The average Bonchev–Trinajstić information content (AvgIpc) is 2.36. The first-order valence-electron chi connectivity index (χ1n) is 7.51. The molecule has 0 spiro atoms. The fraction of sp³-hybridized carbons (Fsp3) is 0.647. The first-order chi connectivity index (χ1) is 9.33. The van der Waals surface area contributed by atoms with E-state index in [-0.39, 0.29) is 5.82 Å². The Kier molecular flexibility index (Phi) is 4.82. The number of nitrogens with zero attached hydrogens (tertiary/aromatic N) is 1. The maximum atomic E-state index is 13.0. The summed E-state index contributed by atoms with van der Waals surface area (Å²) in [5.41, 5.74) is 1.56. The van der Waals surface area contributed by atoms with Crippen LogP contribution in [0.25, 0.3) is 0 Å². The molecule has 0 aromatic heterocycles. The number of hydrogen-bond donors (Lipinski definition) is 1. The maximum Gasteiger partial charge on any atom is 0.123 e.